The van der Waals surface area contributed by atoms with Gasteiger partial charge in [0.25, 0.3) is 5.91 Å². The van der Waals surface area contributed by atoms with Crippen LogP contribution in [0.25, 0.3) is 11.0 Å². The summed E-state index contributed by atoms with van der Waals surface area (Å²) in [5.74, 6) is -0.234. The van der Waals surface area contributed by atoms with Crippen molar-refractivity contribution in [2.24, 2.45) is 0 Å². The molecule has 0 saturated carbocycles. The van der Waals surface area contributed by atoms with E-state index < -0.39 is 6.04 Å². The van der Waals surface area contributed by atoms with Crippen LogP contribution in [-0.2, 0) is 14.3 Å². The van der Waals surface area contributed by atoms with Crippen LogP contribution in [0.3, 0.4) is 0 Å². The van der Waals surface area contributed by atoms with Gasteiger partial charge in [0.1, 0.15) is 11.7 Å². The SMILES string of the molecule is CC(=O)c1oc2ccccc2c1NC(=O)C(C)N1CCN(C(=O)C2CCCO2)CC1. The van der Waals surface area contributed by atoms with Crippen molar-refractivity contribution in [1.29, 1.82) is 0 Å². The minimum absolute atomic E-state index is 0.0558. The molecule has 1 aromatic heterocycles. The zero-order valence-electron chi connectivity index (χ0n) is 17.3. The Labute approximate surface area is 175 Å². The van der Waals surface area contributed by atoms with E-state index in [0.717, 1.165) is 12.8 Å². The first-order valence-corrected chi connectivity index (χ1v) is 10.4. The van der Waals surface area contributed by atoms with Crippen LogP contribution in [0.15, 0.2) is 28.7 Å². The molecular weight excluding hydrogens is 386 g/mol. The summed E-state index contributed by atoms with van der Waals surface area (Å²) in [7, 11) is 0. The summed E-state index contributed by atoms with van der Waals surface area (Å²) in [4.78, 5) is 41.3. The molecule has 2 aromatic rings. The predicted molar refractivity (Wildman–Crippen MR) is 111 cm³/mol. The number of nitrogens with one attached hydrogen (secondary N) is 1. The molecule has 2 aliphatic heterocycles. The quantitative estimate of drug-likeness (QED) is 0.756. The first-order chi connectivity index (χ1) is 14.5. The summed E-state index contributed by atoms with van der Waals surface area (Å²) < 4.78 is 11.1. The zero-order chi connectivity index (χ0) is 21.3. The predicted octanol–water partition coefficient (Wildman–Crippen LogP) is 2.29. The van der Waals surface area contributed by atoms with Gasteiger partial charge in [-0.1, -0.05) is 12.1 Å². The Morgan fingerprint density at radius 2 is 1.87 bits per heavy atom. The van der Waals surface area contributed by atoms with Gasteiger partial charge in [0.2, 0.25) is 5.91 Å². The van der Waals surface area contributed by atoms with Crippen molar-refractivity contribution < 1.29 is 23.5 Å². The van der Waals surface area contributed by atoms with Crippen LogP contribution in [0.5, 0.6) is 0 Å². The molecular formula is C22H27N3O5. The highest BCUT2D eigenvalue weighted by Crippen LogP contribution is 2.31. The second kappa shape index (κ2) is 8.57. The maximum Gasteiger partial charge on any atom is 0.251 e. The fraction of sp³-hybridized carbons (Fsp3) is 0.500. The third-order valence-corrected chi connectivity index (χ3v) is 5.92. The fourth-order valence-electron chi connectivity index (χ4n) is 4.12. The molecule has 2 saturated heterocycles. The number of amides is 2. The number of fused-ring (bicyclic) bond motifs is 1. The Hall–Kier alpha value is -2.71. The molecule has 0 bridgehead atoms. The largest absolute Gasteiger partial charge is 0.451 e. The maximum absolute atomic E-state index is 12.9. The van der Waals surface area contributed by atoms with Crippen LogP contribution in [0.2, 0.25) is 0 Å². The number of rotatable bonds is 5. The van der Waals surface area contributed by atoms with Gasteiger partial charge in [-0.3, -0.25) is 19.3 Å². The molecule has 2 unspecified atom stereocenters. The maximum atomic E-state index is 12.9. The second-order valence-electron chi connectivity index (χ2n) is 7.89. The summed E-state index contributed by atoms with van der Waals surface area (Å²) in [5.41, 5.74) is 0.981. The van der Waals surface area contributed by atoms with E-state index in [9.17, 15) is 14.4 Å². The molecule has 0 aliphatic carbocycles. The van der Waals surface area contributed by atoms with Gasteiger partial charge in [-0.2, -0.15) is 0 Å². The highest BCUT2D eigenvalue weighted by Gasteiger charge is 2.33. The third kappa shape index (κ3) is 3.97. The number of hydrogen-bond acceptors (Lipinski definition) is 6. The summed E-state index contributed by atoms with van der Waals surface area (Å²) >= 11 is 0. The molecule has 8 heteroatoms. The Kier molecular flexibility index (Phi) is 5.87. The lowest BCUT2D eigenvalue weighted by Crippen LogP contribution is -2.55. The number of ether oxygens (including phenoxy) is 1. The molecule has 2 aliphatic rings. The molecule has 3 heterocycles. The van der Waals surface area contributed by atoms with Crippen LogP contribution < -0.4 is 5.32 Å². The Morgan fingerprint density at radius 3 is 2.53 bits per heavy atom. The van der Waals surface area contributed by atoms with Gasteiger partial charge >= 0.3 is 0 Å². The monoisotopic (exact) mass is 413 g/mol. The minimum atomic E-state index is -0.404. The van der Waals surface area contributed by atoms with Crippen LogP contribution in [0.1, 0.15) is 37.2 Å². The van der Waals surface area contributed by atoms with Crippen molar-refractivity contribution in [3.8, 4) is 0 Å². The Balaban J connectivity index is 1.40. The summed E-state index contributed by atoms with van der Waals surface area (Å²) in [5, 5.41) is 3.60. The molecule has 160 valence electrons. The Morgan fingerprint density at radius 1 is 1.13 bits per heavy atom. The molecule has 1 aromatic carbocycles. The van der Waals surface area contributed by atoms with Crippen molar-refractivity contribution in [2.75, 3.05) is 38.1 Å². The number of furan rings is 1. The average Bonchev–Trinajstić information content (AvgIpc) is 3.41. The highest BCUT2D eigenvalue weighted by atomic mass is 16.5. The van der Waals surface area contributed by atoms with Gasteiger partial charge in [0.05, 0.1) is 11.7 Å². The van der Waals surface area contributed by atoms with Crippen molar-refractivity contribution in [3.05, 3.63) is 30.0 Å². The van der Waals surface area contributed by atoms with E-state index in [1.807, 2.05) is 34.9 Å². The second-order valence-corrected chi connectivity index (χ2v) is 7.89. The number of nitrogens with zero attached hydrogens (tertiary/aromatic N) is 2. The van der Waals surface area contributed by atoms with Gasteiger partial charge in [-0.05, 0) is 31.9 Å². The number of para-hydroxylation sites is 1. The molecule has 0 radical (unpaired) electrons. The number of anilines is 1. The number of piperazine rings is 1. The van der Waals surface area contributed by atoms with E-state index in [-0.39, 0.29) is 29.5 Å². The molecule has 2 fully saturated rings. The standard InChI is InChI=1S/C22H27N3O5/c1-14(24-9-11-25(12-10-24)22(28)18-8-5-13-29-18)21(27)23-19-16-6-3-4-7-17(16)30-20(19)15(2)26/h3-4,6-7,14,18H,5,8-13H2,1-2H3,(H,23,27). The highest BCUT2D eigenvalue weighted by molar-refractivity contribution is 6.11. The summed E-state index contributed by atoms with van der Waals surface area (Å²) in [6.07, 6.45) is 1.41. The van der Waals surface area contributed by atoms with Gasteiger partial charge in [0, 0.05) is 45.1 Å². The number of Topliss-reactive ketones (excluding diaryl/α,β-unsaturated/α-hetero) is 1. The molecule has 2 atom stereocenters. The van der Waals surface area contributed by atoms with Crippen LogP contribution in [0.4, 0.5) is 5.69 Å². The van der Waals surface area contributed by atoms with E-state index in [1.165, 1.54) is 6.92 Å². The minimum Gasteiger partial charge on any atom is -0.451 e. The topological polar surface area (TPSA) is 92.1 Å². The van der Waals surface area contributed by atoms with Crippen molar-refractivity contribution >= 4 is 34.3 Å². The number of carbonyl (C=O) groups is 3. The smallest absolute Gasteiger partial charge is 0.251 e. The van der Waals surface area contributed by atoms with E-state index in [4.69, 9.17) is 9.15 Å². The Bertz CT molecular complexity index is 955. The van der Waals surface area contributed by atoms with Crippen LogP contribution in [-0.4, -0.2) is 72.3 Å². The number of carbonyl (C=O) groups excluding carboxylic acids is 3. The first-order valence-electron chi connectivity index (χ1n) is 10.4. The van der Waals surface area contributed by atoms with Crippen molar-refractivity contribution in [1.82, 2.24) is 9.80 Å². The van der Waals surface area contributed by atoms with Gasteiger partial charge in [-0.25, -0.2) is 0 Å². The van der Waals surface area contributed by atoms with E-state index in [2.05, 4.69) is 5.32 Å². The zero-order valence-corrected chi connectivity index (χ0v) is 17.3. The van der Waals surface area contributed by atoms with Crippen LogP contribution in [0, 0.1) is 0 Å². The fourth-order valence-corrected chi connectivity index (χ4v) is 4.12. The molecule has 0 spiro atoms. The van der Waals surface area contributed by atoms with E-state index in [1.54, 1.807) is 6.07 Å². The van der Waals surface area contributed by atoms with Gasteiger partial charge in [0.15, 0.2) is 11.5 Å². The van der Waals surface area contributed by atoms with Gasteiger partial charge < -0.3 is 19.4 Å². The van der Waals surface area contributed by atoms with Crippen LogP contribution >= 0.6 is 0 Å². The lowest BCUT2D eigenvalue weighted by molar-refractivity contribution is -0.143. The molecule has 1 N–H and O–H groups in total. The average molecular weight is 413 g/mol. The van der Waals surface area contributed by atoms with E-state index in [0.29, 0.717) is 49.4 Å². The lowest BCUT2D eigenvalue weighted by atomic mass is 10.1. The summed E-state index contributed by atoms with van der Waals surface area (Å²) in [6, 6.07) is 6.84. The van der Waals surface area contributed by atoms with Crippen molar-refractivity contribution in [2.45, 2.75) is 38.8 Å². The van der Waals surface area contributed by atoms with E-state index >= 15 is 0 Å². The summed E-state index contributed by atoms with van der Waals surface area (Å²) in [6.45, 7) is 6.27. The first kappa shape index (κ1) is 20.6. The number of benzene rings is 1. The molecule has 2 amide bonds. The molecule has 4 rings (SSSR count). The number of ketones is 1. The third-order valence-electron chi connectivity index (χ3n) is 5.92. The van der Waals surface area contributed by atoms with Gasteiger partial charge in [-0.15, -0.1) is 0 Å². The molecule has 8 nitrogen and oxygen atoms in total. The molecule has 30 heavy (non-hydrogen) atoms. The lowest BCUT2D eigenvalue weighted by Gasteiger charge is -2.38. The van der Waals surface area contributed by atoms with Crippen molar-refractivity contribution in [3.63, 3.8) is 0 Å². The normalized spacial score (nSPS) is 21.0. The number of hydrogen-bond donors (Lipinski definition) is 1.